The highest BCUT2D eigenvalue weighted by Gasteiger charge is 2.12. The molecule has 0 amide bonds. The molecule has 0 atom stereocenters. The summed E-state index contributed by atoms with van der Waals surface area (Å²) in [5, 5.41) is 10.3. The number of aromatic hydroxyl groups is 1. The lowest BCUT2D eigenvalue weighted by Crippen LogP contribution is -2.15. The Hall–Kier alpha value is -3.28. The third-order valence-corrected chi connectivity index (χ3v) is 3.71. The third-order valence-electron chi connectivity index (χ3n) is 3.71. The van der Waals surface area contributed by atoms with Gasteiger partial charge in [0.2, 0.25) is 0 Å². The Bertz CT molecular complexity index is 959. The molecule has 3 aromatic rings. The summed E-state index contributed by atoms with van der Waals surface area (Å²) >= 11 is 0. The van der Waals surface area contributed by atoms with E-state index in [0.29, 0.717) is 22.3 Å². The van der Waals surface area contributed by atoms with Crippen LogP contribution in [0.2, 0.25) is 0 Å². The minimum atomic E-state index is -0.576. The summed E-state index contributed by atoms with van der Waals surface area (Å²) < 4.78 is 15.6. The zero-order chi connectivity index (χ0) is 17.8. The fourth-order valence-electron chi connectivity index (χ4n) is 2.39. The zero-order valence-electron chi connectivity index (χ0n) is 13.5. The fraction of sp³-hybridized carbons (Fsp3) is 0.158. The van der Waals surface area contributed by atoms with Gasteiger partial charge in [0.05, 0.1) is 0 Å². The molecule has 0 saturated carbocycles. The van der Waals surface area contributed by atoms with Crippen LogP contribution in [0.5, 0.6) is 11.5 Å². The summed E-state index contributed by atoms with van der Waals surface area (Å²) in [4.78, 5) is 23.6. The molecule has 0 spiro atoms. The first kappa shape index (κ1) is 16.6. The van der Waals surface area contributed by atoms with Crippen molar-refractivity contribution in [1.29, 1.82) is 0 Å². The van der Waals surface area contributed by atoms with E-state index >= 15 is 0 Å². The topological polar surface area (TPSA) is 86.0 Å². The van der Waals surface area contributed by atoms with Crippen molar-refractivity contribution in [2.75, 3.05) is 6.61 Å². The van der Waals surface area contributed by atoms with Crippen molar-refractivity contribution in [3.63, 3.8) is 0 Å². The molecule has 0 fully saturated rings. The lowest BCUT2D eigenvalue weighted by molar-refractivity contribution is -0.147. The van der Waals surface area contributed by atoms with E-state index in [2.05, 4.69) is 0 Å². The minimum absolute atomic E-state index is 0.0288. The van der Waals surface area contributed by atoms with Crippen molar-refractivity contribution in [3.05, 3.63) is 70.1 Å². The Balaban J connectivity index is 1.72. The summed E-state index contributed by atoms with van der Waals surface area (Å²) in [6, 6.07) is 13.3. The van der Waals surface area contributed by atoms with Crippen LogP contribution < -0.4 is 10.4 Å². The number of carbonyl (C=O) groups excluding carboxylic acids is 1. The predicted octanol–water partition coefficient (Wildman–Crippen LogP) is 2.93. The highest BCUT2D eigenvalue weighted by Crippen LogP contribution is 2.27. The van der Waals surface area contributed by atoms with Crippen molar-refractivity contribution in [2.24, 2.45) is 0 Å². The van der Waals surface area contributed by atoms with Crippen LogP contribution >= 0.6 is 0 Å². The number of fused-ring (bicyclic) bond motifs is 1. The molecule has 1 heterocycles. The van der Waals surface area contributed by atoms with Crippen LogP contribution in [-0.2, 0) is 16.1 Å². The molecule has 0 aliphatic carbocycles. The molecule has 128 valence electrons. The Morgan fingerprint density at radius 2 is 1.92 bits per heavy atom. The smallest absolute Gasteiger partial charge is 0.344 e. The fourth-order valence-corrected chi connectivity index (χ4v) is 2.39. The quantitative estimate of drug-likeness (QED) is 0.568. The lowest BCUT2D eigenvalue weighted by atomic mass is 10.1. The second-order valence-corrected chi connectivity index (χ2v) is 5.44. The van der Waals surface area contributed by atoms with Crippen LogP contribution in [0, 0.1) is 6.92 Å². The van der Waals surface area contributed by atoms with Gasteiger partial charge in [0, 0.05) is 22.6 Å². The van der Waals surface area contributed by atoms with Gasteiger partial charge in [-0.2, -0.15) is 0 Å². The first-order valence-corrected chi connectivity index (χ1v) is 7.63. The number of ether oxygens (including phenoxy) is 2. The van der Waals surface area contributed by atoms with Crippen molar-refractivity contribution in [2.45, 2.75) is 13.5 Å². The van der Waals surface area contributed by atoms with E-state index < -0.39 is 11.6 Å². The van der Waals surface area contributed by atoms with E-state index in [9.17, 15) is 14.7 Å². The molecule has 1 aromatic heterocycles. The highest BCUT2D eigenvalue weighted by molar-refractivity contribution is 5.85. The summed E-state index contributed by atoms with van der Waals surface area (Å²) in [6.45, 7) is 1.32. The largest absolute Gasteiger partial charge is 0.508 e. The van der Waals surface area contributed by atoms with Crippen molar-refractivity contribution in [1.82, 2.24) is 0 Å². The molecule has 3 rings (SSSR count). The molecule has 25 heavy (non-hydrogen) atoms. The molecule has 0 aliphatic rings. The van der Waals surface area contributed by atoms with Gasteiger partial charge in [-0.3, -0.25) is 0 Å². The first-order chi connectivity index (χ1) is 12.0. The maximum Gasteiger partial charge on any atom is 0.344 e. The van der Waals surface area contributed by atoms with Gasteiger partial charge in [-0.1, -0.05) is 18.2 Å². The number of phenolic OH excluding ortho intramolecular Hbond substituents is 1. The number of phenols is 1. The van der Waals surface area contributed by atoms with Gasteiger partial charge in [-0.25, -0.2) is 9.59 Å². The van der Waals surface area contributed by atoms with Crippen LogP contribution in [0.25, 0.3) is 11.0 Å². The number of esters is 1. The van der Waals surface area contributed by atoms with E-state index in [0.717, 1.165) is 0 Å². The van der Waals surface area contributed by atoms with Crippen LogP contribution in [0.3, 0.4) is 0 Å². The number of benzene rings is 2. The van der Waals surface area contributed by atoms with Gasteiger partial charge in [-0.05, 0) is 31.2 Å². The molecule has 6 nitrogen and oxygen atoms in total. The van der Waals surface area contributed by atoms with Crippen molar-refractivity contribution >= 4 is 16.9 Å². The Morgan fingerprint density at radius 3 is 2.68 bits per heavy atom. The number of carbonyl (C=O) groups is 1. The van der Waals surface area contributed by atoms with E-state index in [1.807, 2.05) is 6.07 Å². The Kier molecular flexibility index (Phi) is 4.70. The summed E-state index contributed by atoms with van der Waals surface area (Å²) in [6.07, 6.45) is 0. The van der Waals surface area contributed by atoms with Crippen LogP contribution in [0.15, 0.2) is 57.7 Å². The number of aryl methyl sites for hydroxylation is 1. The molecule has 0 bridgehead atoms. The maximum absolute atomic E-state index is 11.8. The van der Waals surface area contributed by atoms with Gasteiger partial charge >= 0.3 is 11.6 Å². The molecule has 0 radical (unpaired) electrons. The third kappa shape index (κ3) is 3.80. The maximum atomic E-state index is 11.8. The molecular formula is C19H16O6. The average molecular weight is 340 g/mol. The number of hydrogen-bond donors (Lipinski definition) is 1. The second kappa shape index (κ2) is 7.09. The van der Waals surface area contributed by atoms with E-state index in [-0.39, 0.29) is 24.5 Å². The lowest BCUT2D eigenvalue weighted by Gasteiger charge is -2.10. The molecule has 1 N–H and O–H groups in total. The predicted molar refractivity (Wildman–Crippen MR) is 90.6 cm³/mol. The summed E-state index contributed by atoms with van der Waals surface area (Å²) in [5.74, 6) is 0.0400. The first-order valence-electron chi connectivity index (χ1n) is 7.63. The highest BCUT2D eigenvalue weighted by atomic mass is 16.6. The summed E-state index contributed by atoms with van der Waals surface area (Å²) in [7, 11) is 0. The Labute approximate surface area is 143 Å². The SMILES string of the molecule is Cc1c(O)ccc2c(COC(=O)COc3ccccc3)cc(=O)oc12. The van der Waals surface area contributed by atoms with Gasteiger partial charge in [-0.15, -0.1) is 0 Å². The van der Waals surface area contributed by atoms with Crippen LogP contribution in [-0.4, -0.2) is 17.7 Å². The molecule has 2 aromatic carbocycles. The average Bonchev–Trinajstić information content (AvgIpc) is 2.62. The molecular weight excluding hydrogens is 324 g/mol. The van der Waals surface area contributed by atoms with E-state index in [1.165, 1.54) is 12.1 Å². The molecule has 6 heteroatoms. The van der Waals surface area contributed by atoms with Crippen LogP contribution in [0.4, 0.5) is 0 Å². The summed E-state index contributed by atoms with van der Waals surface area (Å²) in [5.41, 5.74) is 0.657. The zero-order valence-corrected chi connectivity index (χ0v) is 13.5. The molecule has 0 saturated heterocycles. The normalized spacial score (nSPS) is 10.6. The minimum Gasteiger partial charge on any atom is -0.508 e. The van der Waals surface area contributed by atoms with Gasteiger partial charge in [0.15, 0.2) is 6.61 Å². The molecule has 0 aliphatic heterocycles. The van der Waals surface area contributed by atoms with Gasteiger partial charge in [0.1, 0.15) is 23.7 Å². The monoisotopic (exact) mass is 340 g/mol. The second-order valence-electron chi connectivity index (χ2n) is 5.44. The number of para-hydroxylation sites is 1. The van der Waals surface area contributed by atoms with Crippen molar-refractivity contribution < 1.29 is 23.8 Å². The Morgan fingerprint density at radius 1 is 1.16 bits per heavy atom. The van der Waals surface area contributed by atoms with Gasteiger partial charge in [0.25, 0.3) is 0 Å². The standard InChI is InChI=1S/C19H16O6/c1-12-16(20)8-7-15-13(9-17(21)25-19(12)15)10-24-18(22)11-23-14-5-3-2-4-6-14/h2-9,20H,10-11H2,1H3. The van der Waals surface area contributed by atoms with Crippen LogP contribution in [0.1, 0.15) is 11.1 Å². The molecule has 0 unspecified atom stereocenters. The van der Waals surface area contributed by atoms with Crippen molar-refractivity contribution in [3.8, 4) is 11.5 Å². The number of hydrogen-bond acceptors (Lipinski definition) is 6. The van der Waals surface area contributed by atoms with E-state index in [1.54, 1.807) is 37.3 Å². The van der Waals surface area contributed by atoms with Gasteiger partial charge < -0.3 is 19.0 Å². The van der Waals surface area contributed by atoms with E-state index in [4.69, 9.17) is 13.9 Å². The number of rotatable bonds is 5.